The summed E-state index contributed by atoms with van der Waals surface area (Å²) in [5.41, 5.74) is 1.54. The summed E-state index contributed by atoms with van der Waals surface area (Å²) in [4.78, 5) is 25.4. The molecule has 0 aliphatic carbocycles. The standard InChI is InChI=1S/C22H22N4O2S2/c1-3-26(4-2)22-25-21-19(30-22)13-18(29-21)20(27)24-15-9-7-10-17(12-15)28-14-16-8-5-6-11-23-16/h5-13H,3-4,14H2,1-2H3,(H,24,27). The minimum Gasteiger partial charge on any atom is -0.487 e. The van der Waals surface area contributed by atoms with Crippen LogP contribution in [0.3, 0.4) is 0 Å². The van der Waals surface area contributed by atoms with Gasteiger partial charge in [-0.2, -0.15) is 0 Å². The number of hydrogen-bond acceptors (Lipinski definition) is 7. The number of anilines is 2. The molecule has 0 bridgehead atoms. The smallest absolute Gasteiger partial charge is 0.265 e. The van der Waals surface area contributed by atoms with Gasteiger partial charge in [-0.1, -0.05) is 23.5 Å². The molecule has 6 nitrogen and oxygen atoms in total. The second kappa shape index (κ2) is 9.23. The lowest BCUT2D eigenvalue weighted by Gasteiger charge is -2.16. The molecule has 30 heavy (non-hydrogen) atoms. The van der Waals surface area contributed by atoms with Crippen molar-refractivity contribution in [3.63, 3.8) is 0 Å². The third-order valence-corrected chi connectivity index (χ3v) is 6.76. The number of nitrogens with one attached hydrogen (secondary N) is 1. The quantitative estimate of drug-likeness (QED) is 0.397. The molecule has 0 unspecified atom stereocenters. The Hall–Kier alpha value is -2.97. The molecule has 154 valence electrons. The molecule has 0 spiro atoms. The van der Waals surface area contributed by atoms with Gasteiger partial charge < -0.3 is 15.0 Å². The Labute approximate surface area is 183 Å². The first kappa shape index (κ1) is 20.3. The third-order valence-electron chi connectivity index (χ3n) is 4.54. The highest BCUT2D eigenvalue weighted by Crippen LogP contribution is 2.35. The van der Waals surface area contributed by atoms with Crippen molar-refractivity contribution in [2.75, 3.05) is 23.3 Å². The highest BCUT2D eigenvalue weighted by atomic mass is 32.1. The lowest BCUT2D eigenvalue weighted by molar-refractivity contribution is 0.103. The number of hydrogen-bond donors (Lipinski definition) is 1. The van der Waals surface area contributed by atoms with Crippen molar-refractivity contribution in [3.8, 4) is 5.75 Å². The number of thiazole rings is 1. The average molecular weight is 439 g/mol. The molecule has 1 amide bonds. The lowest BCUT2D eigenvalue weighted by Crippen LogP contribution is -2.21. The fraction of sp³-hybridized carbons (Fsp3) is 0.227. The maximum atomic E-state index is 12.7. The van der Waals surface area contributed by atoms with Crippen molar-refractivity contribution in [2.45, 2.75) is 20.5 Å². The van der Waals surface area contributed by atoms with E-state index in [2.05, 4.69) is 34.0 Å². The van der Waals surface area contributed by atoms with Crippen LogP contribution in [0.2, 0.25) is 0 Å². The van der Waals surface area contributed by atoms with E-state index in [4.69, 9.17) is 4.74 Å². The van der Waals surface area contributed by atoms with E-state index in [9.17, 15) is 4.79 Å². The van der Waals surface area contributed by atoms with Gasteiger partial charge in [-0.3, -0.25) is 9.78 Å². The maximum Gasteiger partial charge on any atom is 0.265 e. The van der Waals surface area contributed by atoms with Gasteiger partial charge in [0.25, 0.3) is 5.91 Å². The summed E-state index contributed by atoms with van der Waals surface area (Å²) in [6.45, 7) is 6.45. The largest absolute Gasteiger partial charge is 0.487 e. The Morgan fingerprint density at radius 2 is 1.97 bits per heavy atom. The Morgan fingerprint density at radius 3 is 2.70 bits per heavy atom. The monoisotopic (exact) mass is 438 g/mol. The van der Waals surface area contributed by atoms with E-state index in [0.29, 0.717) is 22.9 Å². The number of ether oxygens (including phenoxy) is 1. The van der Waals surface area contributed by atoms with Crippen LogP contribution in [0.25, 0.3) is 9.53 Å². The van der Waals surface area contributed by atoms with Crippen LogP contribution in [0.5, 0.6) is 5.75 Å². The number of pyridine rings is 1. The van der Waals surface area contributed by atoms with Gasteiger partial charge >= 0.3 is 0 Å². The van der Waals surface area contributed by atoms with Crippen molar-refractivity contribution in [3.05, 3.63) is 65.3 Å². The number of amides is 1. The predicted molar refractivity (Wildman–Crippen MR) is 124 cm³/mol. The minimum absolute atomic E-state index is 0.142. The topological polar surface area (TPSA) is 67.4 Å². The Bertz CT molecular complexity index is 1100. The zero-order valence-electron chi connectivity index (χ0n) is 16.8. The molecule has 0 atom stereocenters. The molecule has 0 radical (unpaired) electrons. The van der Waals surface area contributed by atoms with Crippen LogP contribution in [-0.4, -0.2) is 29.0 Å². The van der Waals surface area contributed by atoms with Crippen LogP contribution >= 0.6 is 22.7 Å². The fourth-order valence-corrected chi connectivity index (χ4v) is 5.20. The summed E-state index contributed by atoms with van der Waals surface area (Å²) in [5, 5.41) is 3.96. The highest BCUT2D eigenvalue weighted by molar-refractivity contribution is 7.29. The number of fused-ring (bicyclic) bond motifs is 1. The molecule has 3 heterocycles. The van der Waals surface area contributed by atoms with E-state index in [1.165, 1.54) is 11.3 Å². The van der Waals surface area contributed by atoms with Crippen molar-refractivity contribution < 1.29 is 9.53 Å². The number of carbonyl (C=O) groups excluding carboxylic acids is 1. The minimum atomic E-state index is -0.142. The van der Waals surface area contributed by atoms with Crippen molar-refractivity contribution in [2.24, 2.45) is 0 Å². The molecule has 1 aromatic carbocycles. The van der Waals surface area contributed by atoms with Gasteiger partial charge in [-0.05, 0) is 44.2 Å². The molecule has 3 aromatic heterocycles. The highest BCUT2D eigenvalue weighted by Gasteiger charge is 2.16. The number of rotatable bonds is 8. The predicted octanol–water partition coefficient (Wildman–Crippen LogP) is 5.43. The van der Waals surface area contributed by atoms with Crippen LogP contribution in [0.4, 0.5) is 10.8 Å². The summed E-state index contributed by atoms with van der Waals surface area (Å²) in [5.74, 6) is 0.535. The maximum absolute atomic E-state index is 12.7. The van der Waals surface area contributed by atoms with Gasteiger partial charge in [0, 0.05) is 31.0 Å². The Kier molecular flexibility index (Phi) is 6.25. The molecule has 0 saturated heterocycles. The fourth-order valence-electron chi connectivity index (χ4n) is 2.96. The summed E-state index contributed by atoms with van der Waals surface area (Å²) < 4.78 is 6.83. The zero-order valence-corrected chi connectivity index (χ0v) is 18.4. The molecule has 0 aliphatic heterocycles. The van der Waals surface area contributed by atoms with Gasteiger partial charge in [-0.15, -0.1) is 11.3 Å². The third kappa shape index (κ3) is 4.60. The van der Waals surface area contributed by atoms with Crippen molar-refractivity contribution in [1.82, 2.24) is 9.97 Å². The molecule has 0 fully saturated rings. The SMILES string of the molecule is CCN(CC)c1nc2sc(C(=O)Nc3cccc(OCc4ccccn4)c3)cc2s1. The lowest BCUT2D eigenvalue weighted by atomic mass is 10.3. The first-order valence-corrected chi connectivity index (χ1v) is 11.4. The molecular formula is C22H22N4O2S2. The van der Waals surface area contributed by atoms with E-state index in [1.807, 2.05) is 48.5 Å². The normalized spacial score (nSPS) is 10.9. The number of benzene rings is 1. The summed E-state index contributed by atoms with van der Waals surface area (Å²) in [7, 11) is 0. The second-order valence-electron chi connectivity index (χ2n) is 6.54. The number of aromatic nitrogens is 2. The molecule has 4 rings (SSSR count). The van der Waals surface area contributed by atoms with Gasteiger partial charge in [0.05, 0.1) is 15.3 Å². The van der Waals surface area contributed by atoms with Crippen molar-refractivity contribution >= 4 is 48.9 Å². The first-order valence-electron chi connectivity index (χ1n) is 9.75. The number of nitrogens with zero attached hydrogens (tertiary/aromatic N) is 3. The number of thiophene rings is 1. The molecule has 0 aliphatic rings. The van der Waals surface area contributed by atoms with E-state index in [1.54, 1.807) is 17.5 Å². The second-order valence-corrected chi connectivity index (χ2v) is 8.58. The van der Waals surface area contributed by atoms with Crippen LogP contribution in [0.15, 0.2) is 54.7 Å². The van der Waals surface area contributed by atoms with E-state index in [0.717, 1.165) is 33.4 Å². The first-order chi connectivity index (χ1) is 14.7. The molecule has 8 heteroatoms. The number of carbonyl (C=O) groups is 1. The van der Waals surface area contributed by atoms with Gasteiger partial charge in [0.15, 0.2) is 5.13 Å². The molecule has 0 saturated carbocycles. The van der Waals surface area contributed by atoms with Crippen LogP contribution in [0.1, 0.15) is 29.2 Å². The molecule has 4 aromatic rings. The van der Waals surface area contributed by atoms with Crippen molar-refractivity contribution in [1.29, 1.82) is 0 Å². The van der Waals surface area contributed by atoms with Gasteiger partial charge in [-0.25, -0.2) is 4.98 Å². The van der Waals surface area contributed by atoms with E-state index >= 15 is 0 Å². The summed E-state index contributed by atoms with van der Waals surface area (Å²) in [6, 6.07) is 15.0. The summed E-state index contributed by atoms with van der Waals surface area (Å²) in [6.07, 6.45) is 1.74. The van der Waals surface area contributed by atoms with Crippen LogP contribution in [0, 0.1) is 0 Å². The van der Waals surface area contributed by atoms with Gasteiger partial charge in [0.1, 0.15) is 17.2 Å². The molecular weight excluding hydrogens is 416 g/mol. The Morgan fingerprint density at radius 1 is 1.10 bits per heavy atom. The Balaban J connectivity index is 1.42. The van der Waals surface area contributed by atoms with Crippen LogP contribution < -0.4 is 15.0 Å². The van der Waals surface area contributed by atoms with E-state index in [-0.39, 0.29) is 5.91 Å². The molecule has 1 N–H and O–H groups in total. The van der Waals surface area contributed by atoms with E-state index < -0.39 is 0 Å². The average Bonchev–Trinajstić information content (AvgIpc) is 3.34. The summed E-state index contributed by atoms with van der Waals surface area (Å²) >= 11 is 3.04. The van der Waals surface area contributed by atoms with Gasteiger partial charge in [0.2, 0.25) is 0 Å². The van der Waals surface area contributed by atoms with Crippen LogP contribution in [-0.2, 0) is 6.61 Å². The zero-order chi connectivity index (χ0) is 20.9.